The molecule has 35 heavy (non-hydrogen) atoms. The molecule has 9 nitrogen and oxygen atoms in total. The third kappa shape index (κ3) is 5.89. The van der Waals surface area contributed by atoms with Crippen molar-refractivity contribution >= 4 is 67.4 Å². The first-order valence-corrected chi connectivity index (χ1v) is 13.2. The molecule has 0 radical (unpaired) electrons. The molecule has 1 aliphatic heterocycles. The number of benzene rings is 3. The average molecular weight is 622 g/mol. The van der Waals surface area contributed by atoms with Gasteiger partial charge in [-0.05, 0) is 81.9 Å². The van der Waals surface area contributed by atoms with Crippen molar-refractivity contribution in [3.8, 4) is 5.75 Å². The second kappa shape index (κ2) is 10.2. The molecule has 1 saturated heterocycles. The number of imide groups is 1. The van der Waals surface area contributed by atoms with Crippen molar-refractivity contribution in [2.75, 3.05) is 0 Å². The van der Waals surface area contributed by atoms with Gasteiger partial charge in [-0.2, -0.15) is 8.42 Å². The van der Waals surface area contributed by atoms with Gasteiger partial charge in [0.25, 0.3) is 16.8 Å². The molecule has 0 unspecified atom stereocenters. The maximum absolute atomic E-state index is 12.7. The van der Waals surface area contributed by atoms with Crippen LogP contribution < -0.4 is 4.18 Å². The standard InChI is InChI=1S/C23H15IN2O7S2/c24-17-8-4-16(5-9-17)14-25-22(27)21(34-23(25)28)12-15-6-10-19(11-7-15)33-35(31,32)20-3-1-2-18(13-20)26(29)30/h1-13H,14H2/b21-12-. The molecule has 3 aromatic carbocycles. The summed E-state index contributed by atoms with van der Waals surface area (Å²) >= 11 is 3.00. The molecule has 3 aromatic rings. The minimum absolute atomic E-state index is 0.0135. The summed E-state index contributed by atoms with van der Waals surface area (Å²) in [5.74, 6) is -0.424. The van der Waals surface area contributed by atoms with Crippen LogP contribution in [0.5, 0.6) is 5.75 Å². The Morgan fingerprint density at radius 1 is 1.03 bits per heavy atom. The van der Waals surface area contributed by atoms with E-state index in [-0.39, 0.29) is 33.0 Å². The number of nitro benzene ring substituents is 1. The zero-order chi connectivity index (χ0) is 25.2. The van der Waals surface area contributed by atoms with Crippen molar-refractivity contribution in [1.29, 1.82) is 0 Å². The predicted molar refractivity (Wildman–Crippen MR) is 138 cm³/mol. The SMILES string of the molecule is O=C1S/C(=C\c2ccc(OS(=O)(=O)c3cccc([N+](=O)[O-])c3)cc2)C(=O)N1Cc1ccc(I)cc1. The number of hydrogen-bond donors (Lipinski definition) is 0. The number of carbonyl (C=O) groups excluding carboxylic acids is 2. The Hall–Kier alpha value is -3.23. The van der Waals surface area contributed by atoms with Gasteiger partial charge < -0.3 is 4.18 Å². The Morgan fingerprint density at radius 2 is 1.71 bits per heavy atom. The molecule has 1 aliphatic rings. The van der Waals surface area contributed by atoms with Crippen LogP contribution in [0.3, 0.4) is 0 Å². The van der Waals surface area contributed by atoms with Gasteiger partial charge in [-0.1, -0.05) is 30.3 Å². The van der Waals surface area contributed by atoms with Gasteiger partial charge in [-0.3, -0.25) is 24.6 Å². The van der Waals surface area contributed by atoms with Crippen LogP contribution in [0, 0.1) is 13.7 Å². The van der Waals surface area contributed by atoms with Crippen molar-refractivity contribution in [2.24, 2.45) is 0 Å². The summed E-state index contributed by atoms with van der Waals surface area (Å²) in [7, 11) is -4.29. The fraction of sp³-hybridized carbons (Fsp3) is 0.0435. The lowest BCUT2D eigenvalue weighted by atomic mass is 10.2. The molecule has 0 aromatic heterocycles. The van der Waals surface area contributed by atoms with Gasteiger partial charge >= 0.3 is 10.1 Å². The van der Waals surface area contributed by atoms with Crippen molar-refractivity contribution in [3.05, 3.63) is 103 Å². The number of halogens is 1. The highest BCUT2D eigenvalue weighted by molar-refractivity contribution is 14.1. The van der Waals surface area contributed by atoms with E-state index in [0.29, 0.717) is 5.56 Å². The van der Waals surface area contributed by atoms with Gasteiger partial charge in [0, 0.05) is 15.7 Å². The van der Waals surface area contributed by atoms with Crippen molar-refractivity contribution in [2.45, 2.75) is 11.4 Å². The smallest absolute Gasteiger partial charge is 0.339 e. The zero-order valence-electron chi connectivity index (χ0n) is 17.7. The van der Waals surface area contributed by atoms with Gasteiger partial charge in [-0.25, -0.2) is 0 Å². The number of nitrogens with zero attached hydrogens (tertiary/aromatic N) is 2. The Labute approximate surface area is 218 Å². The Bertz CT molecular complexity index is 1450. The molecular weight excluding hydrogens is 607 g/mol. The Balaban J connectivity index is 1.47. The maximum atomic E-state index is 12.7. The highest BCUT2D eigenvalue weighted by Crippen LogP contribution is 2.33. The van der Waals surface area contributed by atoms with E-state index in [4.69, 9.17) is 4.18 Å². The molecule has 4 rings (SSSR count). The van der Waals surface area contributed by atoms with Gasteiger partial charge in [0.2, 0.25) is 0 Å². The van der Waals surface area contributed by atoms with Gasteiger partial charge in [0.05, 0.1) is 16.4 Å². The van der Waals surface area contributed by atoms with Gasteiger partial charge in [0.1, 0.15) is 10.6 Å². The van der Waals surface area contributed by atoms with Crippen LogP contribution in [-0.4, -0.2) is 29.4 Å². The van der Waals surface area contributed by atoms with Crippen LogP contribution in [0.4, 0.5) is 10.5 Å². The highest BCUT2D eigenvalue weighted by Gasteiger charge is 2.35. The normalized spacial score (nSPS) is 15.0. The van der Waals surface area contributed by atoms with E-state index >= 15 is 0 Å². The number of thioether (sulfide) groups is 1. The molecule has 1 heterocycles. The van der Waals surface area contributed by atoms with Gasteiger partial charge in [0.15, 0.2) is 0 Å². The molecule has 0 bridgehead atoms. The Kier molecular flexibility index (Phi) is 7.23. The first-order chi connectivity index (χ1) is 16.6. The first-order valence-electron chi connectivity index (χ1n) is 9.91. The molecule has 2 amide bonds. The number of carbonyl (C=O) groups is 2. The van der Waals surface area contributed by atoms with Crippen LogP contribution in [0.2, 0.25) is 0 Å². The lowest BCUT2D eigenvalue weighted by Gasteiger charge is -2.12. The maximum Gasteiger partial charge on any atom is 0.339 e. The van der Waals surface area contributed by atoms with Crippen molar-refractivity contribution in [3.63, 3.8) is 0 Å². The topological polar surface area (TPSA) is 124 Å². The Morgan fingerprint density at radius 3 is 2.37 bits per heavy atom. The fourth-order valence-electron chi connectivity index (χ4n) is 3.11. The molecule has 0 atom stereocenters. The quantitative estimate of drug-likeness (QED) is 0.116. The number of hydrogen-bond acceptors (Lipinski definition) is 8. The lowest BCUT2D eigenvalue weighted by molar-refractivity contribution is -0.385. The fourth-order valence-corrected chi connectivity index (χ4v) is 5.28. The predicted octanol–water partition coefficient (Wildman–Crippen LogP) is 5.20. The van der Waals surface area contributed by atoms with E-state index in [9.17, 15) is 28.1 Å². The summed E-state index contributed by atoms with van der Waals surface area (Å²) in [4.78, 5) is 36.4. The van der Waals surface area contributed by atoms with Crippen LogP contribution in [0.25, 0.3) is 6.08 Å². The summed E-state index contributed by atoms with van der Waals surface area (Å²) in [6, 6.07) is 17.9. The molecular formula is C23H15IN2O7S2. The third-order valence-corrected chi connectivity index (χ3v) is 7.70. The summed E-state index contributed by atoms with van der Waals surface area (Å²) in [5, 5.41) is 10.5. The number of nitro groups is 1. The summed E-state index contributed by atoms with van der Waals surface area (Å²) < 4.78 is 31.1. The number of rotatable bonds is 7. The summed E-state index contributed by atoms with van der Waals surface area (Å²) in [6.07, 6.45) is 1.54. The lowest BCUT2D eigenvalue weighted by Crippen LogP contribution is -2.27. The zero-order valence-corrected chi connectivity index (χ0v) is 21.4. The van der Waals surface area contributed by atoms with Crippen molar-refractivity contribution < 1.29 is 27.1 Å². The monoisotopic (exact) mass is 622 g/mol. The van der Waals surface area contributed by atoms with E-state index in [1.165, 1.54) is 53.4 Å². The van der Waals surface area contributed by atoms with Gasteiger partial charge in [-0.15, -0.1) is 0 Å². The molecule has 0 saturated carbocycles. The largest absolute Gasteiger partial charge is 0.379 e. The van der Waals surface area contributed by atoms with E-state index in [2.05, 4.69) is 22.6 Å². The van der Waals surface area contributed by atoms with E-state index in [1.807, 2.05) is 24.3 Å². The highest BCUT2D eigenvalue weighted by atomic mass is 127. The first kappa shape index (κ1) is 24.9. The molecule has 12 heteroatoms. The average Bonchev–Trinajstić information content (AvgIpc) is 3.09. The molecule has 0 aliphatic carbocycles. The minimum atomic E-state index is -4.29. The summed E-state index contributed by atoms with van der Waals surface area (Å²) in [6.45, 7) is 0.168. The number of non-ortho nitro benzene ring substituents is 1. The molecule has 0 spiro atoms. The van der Waals surface area contributed by atoms with Crippen LogP contribution in [0.15, 0.2) is 82.6 Å². The summed E-state index contributed by atoms with van der Waals surface area (Å²) in [5.41, 5.74) is 1.02. The third-order valence-electron chi connectivity index (χ3n) is 4.83. The van der Waals surface area contributed by atoms with Crippen LogP contribution >= 0.6 is 34.4 Å². The van der Waals surface area contributed by atoms with E-state index in [1.54, 1.807) is 0 Å². The number of amides is 2. The van der Waals surface area contributed by atoms with E-state index < -0.39 is 20.9 Å². The van der Waals surface area contributed by atoms with Crippen LogP contribution in [0.1, 0.15) is 11.1 Å². The second-order valence-electron chi connectivity index (χ2n) is 7.26. The molecule has 0 N–H and O–H groups in total. The minimum Gasteiger partial charge on any atom is -0.379 e. The second-order valence-corrected chi connectivity index (χ2v) is 11.0. The molecule has 1 fully saturated rings. The molecule has 178 valence electrons. The van der Waals surface area contributed by atoms with Crippen molar-refractivity contribution in [1.82, 2.24) is 4.90 Å². The van der Waals surface area contributed by atoms with E-state index in [0.717, 1.165) is 27.0 Å². The van der Waals surface area contributed by atoms with Crippen LogP contribution in [-0.2, 0) is 21.5 Å².